The standard InChI is InChI=1S/C19H12Br2O2/c20-16-6-3-12(4-7-16)18(22)11-19(23)15-2-1-14-10-17(21)8-5-13(14)9-15/h1-10H,11H2. The van der Waals surface area contributed by atoms with E-state index in [2.05, 4.69) is 31.9 Å². The molecule has 0 aliphatic heterocycles. The highest BCUT2D eigenvalue weighted by atomic mass is 79.9. The minimum Gasteiger partial charge on any atom is -0.294 e. The van der Waals surface area contributed by atoms with E-state index >= 15 is 0 Å². The van der Waals surface area contributed by atoms with Crippen LogP contribution in [0.25, 0.3) is 10.8 Å². The van der Waals surface area contributed by atoms with Gasteiger partial charge in [-0.05, 0) is 41.1 Å². The van der Waals surface area contributed by atoms with Gasteiger partial charge in [-0.2, -0.15) is 0 Å². The van der Waals surface area contributed by atoms with Gasteiger partial charge in [-0.3, -0.25) is 9.59 Å². The topological polar surface area (TPSA) is 34.1 Å². The number of rotatable bonds is 4. The zero-order valence-corrected chi connectivity index (χ0v) is 15.2. The fourth-order valence-electron chi connectivity index (χ4n) is 2.38. The second kappa shape index (κ2) is 6.77. The summed E-state index contributed by atoms with van der Waals surface area (Å²) in [6, 6.07) is 18.4. The smallest absolute Gasteiger partial charge is 0.170 e. The quantitative estimate of drug-likeness (QED) is 0.385. The van der Waals surface area contributed by atoms with Crippen molar-refractivity contribution in [2.45, 2.75) is 6.42 Å². The van der Waals surface area contributed by atoms with Crippen molar-refractivity contribution in [3.8, 4) is 0 Å². The van der Waals surface area contributed by atoms with Gasteiger partial charge >= 0.3 is 0 Å². The Kier molecular flexibility index (Phi) is 4.74. The van der Waals surface area contributed by atoms with E-state index in [-0.39, 0.29) is 18.0 Å². The molecular formula is C19H12Br2O2. The monoisotopic (exact) mass is 430 g/mol. The van der Waals surface area contributed by atoms with E-state index in [0.717, 1.165) is 19.7 Å². The summed E-state index contributed by atoms with van der Waals surface area (Å²) in [7, 11) is 0. The van der Waals surface area contributed by atoms with Crippen molar-refractivity contribution < 1.29 is 9.59 Å². The van der Waals surface area contributed by atoms with Crippen LogP contribution in [0, 0.1) is 0 Å². The van der Waals surface area contributed by atoms with Crippen molar-refractivity contribution >= 4 is 54.2 Å². The van der Waals surface area contributed by atoms with Gasteiger partial charge < -0.3 is 0 Å². The van der Waals surface area contributed by atoms with Crippen LogP contribution in [0.1, 0.15) is 27.1 Å². The van der Waals surface area contributed by atoms with Crippen molar-refractivity contribution in [1.82, 2.24) is 0 Å². The summed E-state index contributed by atoms with van der Waals surface area (Å²) in [5, 5.41) is 2.03. The molecule has 0 aromatic heterocycles. The maximum absolute atomic E-state index is 12.4. The van der Waals surface area contributed by atoms with Gasteiger partial charge in [0.25, 0.3) is 0 Å². The minimum absolute atomic E-state index is 0.121. The SMILES string of the molecule is O=C(CC(=O)c1ccc2cc(Br)ccc2c1)c1ccc(Br)cc1. The zero-order valence-electron chi connectivity index (χ0n) is 12.1. The van der Waals surface area contributed by atoms with Crippen molar-refractivity contribution in [3.05, 3.63) is 80.7 Å². The highest BCUT2D eigenvalue weighted by Crippen LogP contribution is 2.22. The van der Waals surface area contributed by atoms with E-state index in [4.69, 9.17) is 0 Å². The average molecular weight is 432 g/mol. The summed E-state index contributed by atoms with van der Waals surface area (Å²) in [5.74, 6) is -0.332. The van der Waals surface area contributed by atoms with Gasteiger partial charge in [0.2, 0.25) is 0 Å². The van der Waals surface area contributed by atoms with Crippen LogP contribution >= 0.6 is 31.9 Å². The Morgan fingerprint density at radius 1 is 0.652 bits per heavy atom. The normalized spacial score (nSPS) is 10.7. The Morgan fingerprint density at radius 2 is 1.17 bits per heavy atom. The lowest BCUT2D eigenvalue weighted by Crippen LogP contribution is -2.08. The predicted octanol–water partition coefficient (Wildman–Crippen LogP) is 5.82. The third-order valence-electron chi connectivity index (χ3n) is 3.61. The number of carbonyl (C=O) groups is 2. The van der Waals surface area contributed by atoms with Crippen LogP contribution in [0.4, 0.5) is 0 Å². The summed E-state index contributed by atoms with van der Waals surface area (Å²) >= 11 is 6.76. The molecule has 4 heteroatoms. The van der Waals surface area contributed by atoms with Gasteiger partial charge in [0.05, 0.1) is 6.42 Å². The molecule has 0 aliphatic rings. The molecule has 3 aromatic rings. The molecule has 0 amide bonds. The Hall–Kier alpha value is -1.78. The molecule has 0 saturated heterocycles. The first-order chi connectivity index (χ1) is 11.0. The molecule has 0 atom stereocenters. The van der Waals surface area contributed by atoms with Crippen LogP contribution in [-0.4, -0.2) is 11.6 Å². The third-order valence-corrected chi connectivity index (χ3v) is 4.63. The number of benzene rings is 3. The van der Waals surface area contributed by atoms with Crippen LogP contribution in [0.3, 0.4) is 0 Å². The number of carbonyl (C=O) groups excluding carboxylic acids is 2. The molecular weight excluding hydrogens is 420 g/mol. The Labute approximate surface area is 150 Å². The lowest BCUT2D eigenvalue weighted by atomic mass is 9.99. The average Bonchev–Trinajstić information content (AvgIpc) is 2.54. The number of hydrogen-bond acceptors (Lipinski definition) is 2. The summed E-state index contributed by atoms with van der Waals surface area (Å²) in [5.41, 5.74) is 1.11. The van der Waals surface area contributed by atoms with E-state index < -0.39 is 0 Å². The molecule has 3 aromatic carbocycles. The first-order valence-electron chi connectivity index (χ1n) is 7.04. The molecule has 23 heavy (non-hydrogen) atoms. The van der Waals surface area contributed by atoms with Crippen LogP contribution < -0.4 is 0 Å². The summed E-state index contributed by atoms with van der Waals surface area (Å²) in [6.45, 7) is 0. The lowest BCUT2D eigenvalue weighted by molar-refractivity contribution is 0.0894. The Morgan fingerprint density at radius 3 is 1.91 bits per heavy atom. The largest absolute Gasteiger partial charge is 0.294 e. The van der Waals surface area contributed by atoms with Crippen LogP contribution in [0.2, 0.25) is 0 Å². The van der Waals surface area contributed by atoms with Crippen LogP contribution in [0.5, 0.6) is 0 Å². The summed E-state index contributed by atoms with van der Waals surface area (Å²) in [6.07, 6.45) is -0.121. The fourth-order valence-corrected chi connectivity index (χ4v) is 3.02. The molecule has 0 bridgehead atoms. The third kappa shape index (κ3) is 3.77. The summed E-state index contributed by atoms with van der Waals surface area (Å²) < 4.78 is 1.90. The Balaban J connectivity index is 1.81. The van der Waals surface area contributed by atoms with E-state index in [1.807, 2.05) is 30.3 Å². The molecule has 0 N–H and O–H groups in total. The maximum atomic E-state index is 12.4. The number of fused-ring (bicyclic) bond motifs is 1. The first kappa shape index (κ1) is 16.1. The zero-order chi connectivity index (χ0) is 16.4. The predicted molar refractivity (Wildman–Crippen MR) is 99.1 cm³/mol. The summed E-state index contributed by atoms with van der Waals surface area (Å²) in [4.78, 5) is 24.6. The molecule has 0 fully saturated rings. The van der Waals surface area contributed by atoms with Crippen LogP contribution in [-0.2, 0) is 0 Å². The van der Waals surface area contributed by atoms with Crippen molar-refractivity contribution in [2.75, 3.05) is 0 Å². The van der Waals surface area contributed by atoms with Gasteiger partial charge in [-0.15, -0.1) is 0 Å². The number of hydrogen-bond donors (Lipinski definition) is 0. The second-order valence-electron chi connectivity index (χ2n) is 5.24. The maximum Gasteiger partial charge on any atom is 0.170 e. The molecule has 3 rings (SSSR count). The van der Waals surface area contributed by atoms with E-state index in [0.29, 0.717) is 11.1 Å². The van der Waals surface area contributed by atoms with Gasteiger partial charge in [0, 0.05) is 20.1 Å². The fraction of sp³-hybridized carbons (Fsp3) is 0.0526. The molecule has 0 spiro atoms. The first-order valence-corrected chi connectivity index (χ1v) is 8.63. The van der Waals surface area contributed by atoms with Crippen molar-refractivity contribution in [2.24, 2.45) is 0 Å². The molecule has 114 valence electrons. The van der Waals surface area contributed by atoms with Gasteiger partial charge in [-0.25, -0.2) is 0 Å². The number of ketones is 2. The molecule has 0 radical (unpaired) electrons. The Bertz CT molecular complexity index is 899. The minimum atomic E-state index is -0.168. The molecule has 0 aliphatic carbocycles. The van der Waals surface area contributed by atoms with Crippen molar-refractivity contribution in [3.63, 3.8) is 0 Å². The number of halogens is 2. The van der Waals surface area contributed by atoms with E-state index in [9.17, 15) is 9.59 Å². The van der Waals surface area contributed by atoms with E-state index in [1.165, 1.54) is 0 Å². The van der Waals surface area contributed by atoms with Gasteiger partial charge in [-0.1, -0.05) is 62.2 Å². The molecule has 0 unspecified atom stereocenters. The highest BCUT2D eigenvalue weighted by Gasteiger charge is 2.14. The van der Waals surface area contributed by atoms with Gasteiger partial charge in [0.1, 0.15) is 0 Å². The second-order valence-corrected chi connectivity index (χ2v) is 7.07. The number of Topliss-reactive ketones (excluding diaryl/α,β-unsaturated/α-hetero) is 2. The molecule has 0 saturated carbocycles. The molecule has 2 nitrogen and oxygen atoms in total. The lowest BCUT2D eigenvalue weighted by Gasteiger charge is -2.04. The van der Waals surface area contributed by atoms with Crippen LogP contribution in [0.15, 0.2) is 69.6 Å². The molecule has 0 heterocycles. The van der Waals surface area contributed by atoms with Crippen molar-refractivity contribution in [1.29, 1.82) is 0 Å². The van der Waals surface area contributed by atoms with Gasteiger partial charge in [0.15, 0.2) is 11.6 Å². The van der Waals surface area contributed by atoms with E-state index in [1.54, 1.807) is 30.3 Å². The highest BCUT2D eigenvalue weighted by molar-refractivity contribution is 9.10.